The van der Waals surface area contributed by atoms with E-state index in [0.717, 1.165) is 11.1 Å². The molecule has 0 spiro atoms. The Hall–Kier alpha value is -1.84. The van der Waals surface area contributed by atoms with Gasteiger partial charge in [0.25, 0.3) is 0 Å². The van der Waals surface area contributed by atoms with E-state index in [0.29, 0.717) is 12.8 Å². The highest BCUT2D eigenvalue weighted by atomic mass is 16.1. The van der Waals surface area contributed by atoms with Crippen molar-refractivity contribution in [3.05, 3.63) is 36.4 Å². The molecule has 0 unspecified atom stereocenters. The van der Waals surface area contributed by atoms with E-state index in [1.54, 1.807) is 12.4 Å². The third kappa shape index (κ3) is 1.74. The quantitative estimate of drug-likeness (QED) is 0.774. The van der Waals surface area contributed by atoms with E-state index in [1.165, 1.54) is 0 Å². The number of carbonyl (C=O) groups excluding carboxylic acids is 1. The molecule has 0 radical (unpaired) electrons. The second-order valence-corrected chi connectivity index (χ2v) is 3.22. The van der Waals surface area contributed by atoms with Crippen LogP contribution < -0.4 is 5.73 Å². The van der Waals surface area contributed by atoms with Crippen LogP contribution in [0.15, 0.2) is 30.9 Å². The molecule has 0 aliphatic rings. The molecule has 0 aliphatic carbocycles. The molecule has 0 fully saturated rings. The van der Waals surface area contributed by atoms with Crippen LogP contribution in [0, 0.1) is 0 Å². The van der Waals surface area contributed by atoms with Gasteiger partial charge in [0.1, 0.15) is 0 Å². The molecule has 0 bridgehead atoms. The third-order valence-corrected chi connectivity index (χ3v) is 2.12. The van der Waals surface area contributed by atoms with Crippen molar-refractivity contribution in [2.75, 3.05) is 0 Å². The number of fused-ring (bicyclic) bond motifs is 1. The lowest BCUT2D eigenvalue weighted by molar-refractivity contribution is -0.117. The van der Waals surface area contributed by atoms with E-state index in [1.807, 2.05) is 22.9 Å². The lowest BCUT2D eigenvalue weighted by atomic mass is 10.2. The number of hydrogen-bond donors (Lipinski definition) is 1. The van der Waals surface area contributed by atoms with Gasteiger partial charge < -0.3 is 10.1 Å². The lowest BCUT2D eigenvalue weighted by Crippen LogP contribution is -2.10. The number of nitrogens with two attached hydrogens (primary N) is 1. The second-order valence-electron chi connectivity index (χ2n) is 3.22. The summed E-state index contributed by atoms with van der Waals surface area (Å²) in [6.07, 6.45) is 8.46. The van der Waals surface area contributed by atoms with Gasteiger partial charge in [0.15, 0.2) is 0 Å². The Bertz CT molecular complexity index is 428. The Kier molecular flexibility index (Phi) is 2.18. The summed E-state index contributed by atoms with van der Waals surface area (Å²) in [6, 6.07) is 2.01. The molecule has 2 heterocycles. The standard InChI is InChI=1S/C10H11N3O/c11-10(14)2-1-8-5-9-6-12-3-4-13(9)7-8/h3-7H,1-2H2,(H2,11,14). The smallest absolute Gasteiger partial charge is 0.217 e. The zero-order chi connectivity index (χ0) is 9.97. The minimum atomic E-state index is -0.265. The van der Waals surface area contributed by atoms with Crippen molar-refractivity contribution < 1.29 is 4.79 Å². The van der Waals surface area contributed by atoms with E-state index in [-0.39, 0.29) is 5.91 Å². The molecule has 4 heteroatoms. The van der Waals surface area contributed by atoms with Crippen molar-refractivity contribution >= 4 is 11.4 Å². The van der Waals surface area contributed by atoms with Crippen LogP contribution in [-0.2, 0) is 11.2 Å². The van der Waals surface area contributed by atoms with Gasteiger partial charge in [-0.25, -0.2) is 0 Å². The van der Waals surface area contributed by atoms with Gasteiger partial charge in [-0.3, -0.25) is 9.78 Å². The number of rotatable bonds is 3. The average Bonchev–Trinajstić information content (AvgIpc) is 2.57. The zero-order valence-corrected chi connectivity index (χ0v) is 7.68. The maximum Gasteiger partial charge on any atom is 0.217 e. The molecule has 0 aromatic carbocycles. The number of primary amides is 1. The Morgan fingerprint density at radius 1 is 1.57 bits per heavy atom. The second kappa shape index (κ2) is 3.49. The van der Waals surface area contributed by atoms with Crippen LogP contribution in [0.3, 0.4) is 0 Å². The summed E-state index contributed by atoms with van der Waals surface area (Å²) in [5.41, 5.74) is 7.22. The molecule has 2 rings (SSSR count). The van der Waals surface area contributed by atoms with Crippen molar-refractivity contribution in [3.8, 4) is 0 Å². The number of aromatic nitrogens is 2. The Morgan fingerprint density at radius 3 is 3.14 bits per heavy atom. The molecule has 72 valence electrons. The van der Waals surface area contributed by atoms with Crippen LogP contribution in [-0.4, -0.2) is 15.3 Å². The fraction of sp³-hybridized carbons (Fsp3) is 0.200. The largest absolute Gasteiger partial charge is 0.370 e. The van der Waals surface area contributed by atoms with Crippen LogP contribution in [0.2, 0.25) is 0 Å². The summed E-state index contributed by atoms with van der Waals surface area (Å²) in [6.45, 7) is 0. The van der Waals surface area contributed by atoms with E-state index < -0.39 is 0 Å². The summed E-state index contributed by atoms with van der Waals surface area (Å²) in [4.78, 5) is 14.6. The van der Waals surface area contributed by atoms with Gasteiger partial charge in [0.2, 0.25) is 5.91 Å². The SMILES string of the molecule is NC(=O)CCc1cc2cnccn2c1. The fourth-order valence-electron chi connectivity index (χ4n) is 1.42. The van der Waals surface area contributed by atoms with Crippen molar-refractivity contribution in [2.45, 2.75) is 12.8 Å². The predicted molar refractivity (Wildman–Crippen MR) is 52.7 cm³/mol. The molecule has 0 saturated carbocycles. The number of aryl methyl sites for hydroxylation is 1. The topological polar surface area (TPSA) is 60.4 Å². The number of amides is 1. The normalized spacial score (nSPS) is 10.6. The van der Waals surface area contributed by atoms with Crippen molar-refractivity contribution in [3.63, 3.8) is 0 Å². The Labute approximate surface area is 81.4 Å². The highest BCUT2D eigenvalue weighted by Crippen LogP contribution is 2.09. The first-order valence-corrected chi connectivity index (χ1v) is 4.44. The molecule has 2 aromatic heterocycles. The number of carbonyl (C=O) groups is 1. The molecule has 0 atom stereocenters. The first-order valence-electron chi connectivity index (χ1n) is 4.44. The molecule has 0 aliphatic heterocycles. The van der Waals surface area contributed by atoms with E-state index in [4.69, 9.17) is 5.73 Å². The third-order valence-electron chi connectivity index (χ3n) is 2.12. The number of hydrogen-bond acceptors (Lipinski definition) is 2. The van der Waals surface area contributed by atoms with E-state index in [2.05, 4.69) is 4.98 Å². The first-order chi connectivity index (χ1) is 6.75. The highest BCUT2D eigenvalue weighted by Gasteiger charge is 2.00. The minimum Gasteiger partial charge on any atom is -0.370 e. The van der Waals surface area contributed by atoms with Gasteiger partial charge in [-0.1, -0.05) is 0 Å². The van der Waals surface area contributed by atoms with Crippen LogP contribution in [0.4, 0.5) is 0 Å². The molecule has 14 heavy (non-hydrogen) atoms. The summed E-state index contributed by atoms with van der Waals surface area (Å²) >= 11 is 0. The fourth-order valence-corrected chi connectivity index (χ4v) is 1.42. The monoisotopic (exact) mass is 189 g/mol. The highest BCUT2D eigenvalue weighted by molar-refractivity contribution is 5.74. The summed E-state index contributed by atoms with van der Waals surface area (Å²) < 4.78 is 1.98. The van der Waals surface area contributed by atoms with Gasteiger partial charge in [0, 0.05) is 25.0 Å². The van der Waals surface area contributed by atoms with Crippen molar-refractivity contribution in [1.29, 1.82) is 0 Å². The predicted octanol–water partition coefficient (Wildman–Crippen LogP) is 0.752. The van der Waals surface area contributed by atoms with Crippen LogP contribution in [0.1, 0.15) is 12.0 Å². The van der Waals surface area contributed by atoms with Crippen LogP contribution in [0.25, 0.3) is 5.52 Å². The molecular weight excluding hydrogens is 178 g/mol. The first kappa shape index (κ1) is 8.74. The Morgan fingerprint density at radius 2 is 2.43 bits per heavy atom. The summed E-state index contributed by atoms with van der Waals surface area (Å²) in [7, 11) is 0. The maximum atomic E-state index is 10.6. The van der Waals surface area contributed by atoms with Crippen LogP contribution >= 0.6 is 0 Å². The van der Waals surface area contributed by atoms with Gasteiger partial charge in [-0.2, -0.15) is 0 Å². The van der Waals surface area contributed by atoms with Gasteiger partial charge in [-0.05, 0) is 18.1 Å². The summed E-state index contributed by atoms with van der Waals surface area (Å²) in [5.74, 6) is -0.265. The Balaban J connectivity index is 2.22. The zero-order valence-electron chi connectivity index (χ0n) is 7.68. The van der Waals surface area contributed by atoms with Crippen molar-refractivity contribution in [1.82, 2.24) is 9.38 Å². The average molecular weight is 189 g/mol. The molecule has 1 amide bonds. The lowest BCUT2D eigenvalue weighted by Gasteiger charge is -1.91. The number of nitrogens with zero attached hydrogens (tertiary/aromatic N) is 2. The van der Waals surface area contributed by atoms with E-state index >= 15 is 0 Å². The molecule has 2 aromatic rings. The maximum absolute atomic E-state index is 10.6. The molecule has 2 N–H and O–H groups in total. The molecule has 4 nitrogen and oxygen atoms in total. The van der Waals surface area contributed by atoms with Gasteiger partial charge in [-0.15, -0.1) is 0 Å². The summed E-state index contributed by atoms with van der Waals surface area (Å²) in [5, 5.41) is 0. The van der Waals surface area contributed by atoms with Crippen LogP contribution in [0.5, 0.6) is 0 Å². The van der Waals surface area contributed by atoms with E-state index in [9.17, 15) is 4.79 Å². The van der Waals surface area contributed by atoms with Crippen molar-refractivity contribution in [2.24, 2.45) is 5.73 Å². The minimum absolute atomic E-state index is 0.265. The molecular formula is C10H11N3O. The van der Waals surface area contributed by atoms with Gasteiger partial charge >= 0.3 is 0 Å². The molecule has 0 saturated heterocycles. The van der Waals surface area contributed by atoms with Gasteiger partial charge in [0.05, 0.1) is 11.7 Å².